The van der Waals surface area contributed by atoms with Gasteiger partial charge in [-0.1, -0.05) is 32.3 Å². The van der Waals surface area contributed by atoms with Gasteiger partial charge in [-0.3, -0.25) is 0 Å². The summed E-state index contributed by atoms with van der Waals surface area (Å²) < 4.78 is 14.0. The SMILES string of the molecule is CC[C@@H]1CCC[C@H](F)[C@H](N(c2cnc(-c3ccc(-c4nnn(C(S)(S)S)n4)cc3O)nn2)C2CC2)C1. The molecule has 0 aliphatic heterocycles. The number of rotatable bonds is 7. The van der Waals surface area contributed by atoms with E-state index in [0.29, 0.717) is 29.3 Å². The average Bonchev–Trinajstić information content (AvgIpc) is 3.59. The lowest BCUT2D eigenvalue weighted by Gasteiger charge is -2.35. The van der Waals surface area contributed by atoms with Crippen molar-refractivity contribution in [3.63, 3.8) is 0 Å². The van der Waals surface area contributed by atoms with E-state index in [4.69, 9.17) is 0 Å². The van der Waals surface area contributed by atoms with Gasteiger partial charge in [-0.2, -0.15) is 0 Å². The van der Waals surface area contributed by atoms with Gasteiger partial charge < -0.3 is 10.0 Å². The molecule has 2 aliphatic rings. The number of hydrogen-bond acceptors (Lipinski definition) is 11. The topological polar surface area (TPSA) is 106 Å². The second-order valence-corrected chi connectivity index (χ2v) is 12.5. The normalized spacial score (nSPS) is 22.9. The van der Waals surface area contributed by atoms with Gasteiger partial charge in [-0.15, -0.1) is 63.1 Å². The summed E-state index contributed by atoms with van der Waals surface area (Å²) in [5, 5.41) is 31.4. The van der Waals surface area contributed by atoms with Crippen molar-refractivity contribution in [3.05, 3.63) is 24.4 Å². The molecular formula is C23H29FN8OS3. The Hall–Kier alpha value is -2.12. The van der Waals surface area contributed by atoms with E-state index < -0.39 is 9.71 Å². The molecule has 0 unspecified atom stereocenters. The Bertz CT molecular complexity index is 1200. The first-order valence-corrected chi connectivity index (χ1v) is 13.5. The van der Waals surface area contributed by atoms with E-state index in [0.717, 1.165) is 43.3 Å². The van der Waals surface area contributed by atoms with Gasteiger partial charge >= 0.3 is 0 Å². The minimum Gasteiger partial charge on any atom is -0.507 e. The zero-order chi connectivity index (χ0) is 25.4. The number of aromatic nitrogens is 7. The number of alkyl halides is 1. The molecular weight excluding hydrogens is 520 g/mol. The van der Waals surface area contributed by atoms with Crippen molar-refractivity contribution in [2.75, 3.05) is 4.90 Å². The van der Waals surface area contributed by atoms with Crippen molar-refractivity contribution in [1.29, 1.82) is 0 Å². The minimum absolute atomic E-state index is 0.0512. The molecule has 1 aromatic carbocycles. The largest absolute Gasteiger partial charge is 0.507 e. The van der Waals surface area contributed by atoms with Crippen LogP contribution in [0, 0.1) is 5.92 Å². The number of nitrogens with zero attached hydrogens (tertiary/aromatic N) is 8. The summed E-state index contributed by atoms with van der Waals surface area (Å²) in [6.07, 6.45) is 7.29. The van der Waals surface area contributed by atoms with E-state index in [2.05, 4.69) is 80.3 Å². The van der Waals surface area contributed by atoms with Crippen LogP contribution >= 0.6 is 37.9 Å². The highest BCUT2D eigenvalue weighted by molar-refractivity contribution is 8.15. The fraction of sp³-hybridized carbons (Fsp3) is 0.565. The van der Waals surface area contributed by atoms with Crippen LogP contribution in [0.4, 0.5) is 10.2 Å². The lowest BCUT2D eigenvalue weighted by molar-refractivity contribution is 0.247. The molecule has 5 rings (SSSR count). The average molecular weight is 549 g/mol. The van der Waals surface area contributed by atoms with Gasteiger partial charge in [0, 0.05) is 11.6 Å². The minimum atomic E-state index is -1.21. The molecule has 3 aromatic rings. The number of anilines is 1. The summed E-state index contributed by atoms with van der Waals surface area (Å²) in [4.78, 5) is 7.74. The first kappa shape index (κ1) is 25.5. The van der Waals surface area contributed by atoms with Crippen molar-refractivity contribution in [1.82, 2.24) is 35.4 Å². The number of phenolic OH excluding ortho intramolecular Hbond substituents is 1. The number of aromatic hydroxyl groups is 1. The summed E-state index contributed by atoms with van der Waals surface area (Å²) in [7, 11) is 0. The van der Waals surface area contributed by atoms with Crippen LogP contribution in [0.5, 0.6) is 5.75 Å². The molecule has 36 heavy (non-hydrogen) atoms. The van der Waals surface area contributed by atoms with Crippen molar-refractivity contribution in [2.24, 2.45) is 5.92 Å². The fourth-order valence-electron chi connectivity index (χ4n) is 4.87. The van der Waals surface area contributed by atoms with E-state index in [1.54, 1.807) is 18.3 Å². The molecule has 1 N–H and O–H groups in total. The summed E-state index contributed by atoms with van der Waals surface area (Å²) in [6.45, 7) is 2.18. The zero-order valence-corrected chi connectivity index (χ0v) is 22.5. The Labute approximate surface area is 225 Å². The first-order valence-electron chi connectivity index (χ1n) is 12.2. The standard InChI is InChI=1S/C23H29FN8OS3/c1-2-13-4-3-5-17(24)18(10-13)31(15-7-8-15)20-12-25-22(27-26-20)16-9-6-14(11-19(16)33)21-28-30-32(29-21)23(34,35)36/h6,9,11-13,15,17-18,33-36H,2-5,7-8,10H2,1H3/t13-,17+,18-/m1/s1. The third kappa shape index (κ3) is 5.42. The van der Waals surface area contributed by atoms with Crippen molar-refractivity contribution >= 4 is 43.7 Å². The van der Waals surface area contributed by atoms with Gasteiger partial charge in [0.1, 0.15) is 11.9 Å². The quantitative estimate of drug-likeness (QED) is 0.194. The summed E-state index contributed by atoms with van der Waals surface area (Å²) >= 11 is 12.5. The highest BCUT2D eigenvalue weighted by Gasteiger charge is 2.41. The van der Waals surface area contributed by atoms with Gasteiger partial charge in [-0.05, 0) is 48.9 Å². The first-order chi connectivity index (χ1) is 17.2. The number of halogens is 1. The molecule has 0 spiro atoms. The summed E-state index contributed by atoms with van der Waals surface area (Å²) in [5.41, 5.74) is 0.957. The molecule has 0 radical (unpaired) electrons. The number of hydrogen-bond donors (Lipinski definition) is 4. The van der Waals surface area contributed by atoms with E-state index in [9.17, 15) is 5.11 Å². The summed E-state index contributed by atoms with van der Waals surface area (Å²) in [5.74, 6) is 1.62. The maximum Gasteiger partial charge on any atom is 0.213 e. The molecule has 0 saturated heterocycles. The molecule has 192 valence electrons. The lowest BCUT2D eigenvalue weighted by Crippen LogP contribution is -2.44. The highest BCUT2D eigenvalue weighted by atomic mass is 32.2. The maximum absolute atomic E-state index is 15.2. The number of phenols is 1. The molecule has 9 nitrogen and oxygen atoms in total. The zero-order valence-electron chi connectivity index (χ0n) is 19.8. The molecule has 2 aromatic heterocycles. The van der Waals surface area contributed by atoms with E-state index in [-0.39, 0.29) is 29.5 Å². The predicted molar refractivity (Wildman–Crippen MR) is 145 cm³/mol. The smallest absolute Gasteiger partial charge is 0.213 e. The van der Waals surface area contributed by atoms with Gasteiger partial charge in [0.05, 0.1) is 17.8 Å². The molecule has 2 saturated carbocycles. The van der Waals surface area contributed by atoms with Crippen LogP contribution in [-0.2, 0) is 3.54 Å². The Morgan fingerprint density at radius 1 is 1.11 bits per heavy atom. The fourth-order valence-corrected chi connectivity index (χ4v) is 5.12. The molecule has 0 amide bonds. The Balaban J connectivity index is 1.38. The van der Waals surface area contributed by atoms with Crippen molar-refractivity contribution < 1.29 is 9.50 Å². The van der Waals surface area contributed by atoms with Gasteiger partial charge in [0.25, 0.3) is 0 Å². The molecule has 2 aliphatic carbocycles. The molecule has 13 heteroatoms. The van der Waals surface area contributed by atoms with Crippen molar-refractivity contribution in [3.8, 4) is 28.5 Å². The van der Waals surface area contributed by atoms with E-state index >= 15 is 4.39 Å². The molecule has 2 heterocycles. The molecule has 3 atom stereocenters. The van der Waals surface area contributed by atoms with Crippen molar-refractivity contribution in [2.45, 2.75) is 73.7 Å². The van der Waals surface area contributed by atoms with Gasteiger partial charge in [0.15, 0.2) is 11.6 Å². The van der Waals surface area contributed by atoms with Crippen LogP contribution in [0.3, 0.4) is 0 Å². The van der Waals surface area contributed by atoms with E-state index in [1.165, 1.54) is 6.07 Å². The lowest BCUT2D eigenvalue weighted by atomic mass is 9.94. The second-order valence-electron chi connectivity index (χ2n) is 9.54. The van der Waals surface area contributed by atoms with Crippen LogP contribution in [0.15, 0.2) is 24.4 Å². The number of benzene rings is 1. The Kier molecular flexibility index (Phi) is 7.32. The monoisotopic (exact) mass is 548 g/mol. The Morgan fingerprint density at radius 3 is 2.53 bits per heavy atom. The van der Waals surface area contributed by atoms with Gasteiger partial charge in [0.2, 0.25) is 9.36 Å². The summed E-state index contributed by atoms with van der Waals surface area (Å²) in [6, 6.07) is 4.98. The number of tetrazole rings is 1. The van der Waals surface area contributed by atoms with Crippen LogP contribution in [-0.4, -0.2) is 58.8 Å². The van der Waals surface area contributed by atoms with E-state index in [1.807, 2.05) is 0 Å². The predicted octanol–water partition coefficient (Wildman–Crippen LogP) is 4.53. The van der Waals surface area contributed by atoms with Crippen LogP contribution in [0.1, 0.15) is 51.9 Å². The maximum atomic E-state index is 15.2. The van der Waals surface area contributed by atoms with Crippen LogP contribution in [0.2, 0.25) is 0 Å². The van der Waals surface area contributed by atoms with Crippen LogP contribution in [0.25, 0.3) is 22.8 Å². The molecule has 0 bridgehead atoms. The third-order valence-electron chi connectivity index (χ3n) is 6.95. The number of thiol groups is 3. The Morgan fingerprint density at radius 2 is 1.92 bits per heavy atom. The highest BCUT2D eigenvalue weighted by Crippen LogP contribution is 2.39. The van der Waals surface area contributed by atoms with Gasteiger partial charge in [-0.25, -0.2) is 9.37 Å². The second kappa shape index (κ2) is 10.3. The third-order valence-corrected chi connectivity index (χ3v) is 7.49. The van der Waals surface area contributed by atoms with Crippen LogP contribution < -0.4 is 4.90 Å². The molecule has 2 fully saturated rings.